The highest BCUT2D eigenvalue weighted by atomic mass is 16.2. The minimum atomic E-state index is -0.298. The van der Waals surface area contributed by atoms with E-state index in [2.05, 4.69) is 12.2 Å². The van der Waals surface area contributed by atoms with Crippen molar-refractivity contribution in [2.24, 2.45) is 11.3 Å². The smallest absolute Gasteiger partial charge is 0.328 e. The fourth-order valence-electron chi connectivity index (χ4n) is 0.735. The molecule has 0 spiro atoms. The Morgan fingerprint density at radius 1 is 1.70 bits per heavy atom. The second-order valence-electron chi connectivity index (χ2n) is 3.14. The zero-order valence-corrected chi connectivity index (χ0v) is 6.11. The normalized spacial score (nSPS) is 19.8. The first-order chi connectivity index (χ1) is 4.66. The third-order valence-electron chi connectivity index (χ3n) is 1.91. The molecule has 1 saturated carbocycles. The largest absolute Gasteiger partial charge is 0.337 e. The van der Waals surface area contributed by atoms with Crippen LogP contribution in [0.1, 0.15) is 19.8 Å². The summed E-state index contributed by atoms with van der Waals surface area (Å²) in [6, 6.07) is -0.298. The van der Waals surface area contributed by atoms with Crippen LogP contribution in [-0.2, 0) is 0 Å². The van der Waals surface area contributed by atoms with Crippen LogP contribution < -0.4 is 16.6 Å². The molecule has 0 aliphatic heterocycles. The maximum atomic E-state index is 10.5. The third kappa shape index (κ3) is 1.88. The Balaban J connectivity index is 2.10. The molecule has 0 aromatic heterocycles. The fraction of sp³-hybridized carbons (Fsp3) is 0.833. The molecule has 1 fully saturated rings. The Kier molecular flexibility index (Phi) is 1.80. The van der Waals surface area contributed by atoms with E-state index in [1.165, 1.54) is 12.8 Å². The van der Waals surface area contributed by atoms with E-state index in [0.717, 1.165) is 6.54 Å². The molecule has 0 unspecified atom stereocenters. The van der Waals surface area contributed by atoms with Gasteiger partial charge in [0, 0.05) is 6.54 Å². The molecule has 0 saturated heterocycles. The number of nitrogens with two attached hydrogens (primary N) is 1. The predicted molar refractivity (Wildman–Crippen MR) is 38.1 cm³/mol. The maximum Gasteiger partial charge on any atom is 0.328 e. The minimum absolute atomic E-state index is 0.298. The predicted octanol–water partition coefficient (Wildman–Crippen LogP) is -0.0406. The van der Waals surface area contributed by atoms with Gasteiger partial charge in [0.25, 0.3) is 0 Å². The minimum Gasteiger partial charge on any atom is -0.337 e. The van der Waals surface area contributed by atoms with Gasteiger partial charge < -0.3 is 5.32 Å². The highest BCUT2D eigenvalue weighted by Crippen LogP contribution is 2.43. The summed E-state index contributed by atoms with van der Waals surface area (Å²) in [4.78, 5) is 10.5. The van der Waals surface area contributed by atoms with E-state index < -0.39 is 0 Å². The number of nitrogens with one attached hydrogen (secondary N) is 2. The van der Waals surface area contributed by atoms with Gasteiger partial charge in [-0.2, -0.15) is 0 Å². The van der Waals surface area contributed by atoms with Crippen molar-refractivity contribution >= 4 is 6.03 Å². The monoisotopic (exact) mass is 143 g/mol. The van der Waals surface area contributed by atoms with Crippen LogP contribution in [0.5, 0.6) is 0 Å². The Morgan fingerprint density at radius 3 is 2.70 bits per heavy atom. The van der Waals surface area contributed by atoms with E-state index in [9.17, 15) is 4.79 Å². The number of hydrazine groups is 1. The van der Waals surface area contributed by atoms with Crippen molar-refractivity contribution in [3.8, 4) is 0 Å². The summed E-state index contributed by atoms with van der Waals surface area (Å²) in [6.07, 6.45) is 2.41. The van der Waals surface area contributed by atoms with Crippen LogP contribution in [0.3, 0.4) is 0 Å². The Hall–Kier alpha value is -0.770. The molecule has 0 radical (unpaired) electrons. The molecule has 1 rings (SSSR count). The van der Waals surface area contributed by atoms with Gasteiger partial charge in [-0.1, -0.05) is 6.92 Å². The quantitative estimate of drug-likeness (QED) is 0.288. The van der Waals surface area contributed by atoms with Gasteiger partial charge in [-0.15, -0.1) is 0 Å². The molecule has 10 heavy (non-hydrogen) atoms. The second-order valence-corrected chi connectivity index (χ2v) is 3.14. The standard InChI is InChI=1S/C6H13N3O/c1-6(2-3-6)4-8-5(10)9-7/h2-4,7H2,1H3,(H2,8,9,10). The number of rotatable bonds is 2. The number of hydrogen-bond acceptors (Lipinski definition) is 2. The van der Waals surface area contributed by atoms with E-state index in [4.69, 9.17) is 5.84 Å². The first-order valence-electron chi connectivity index (χ1n) is 3.41. The molecular weight excluding hydrogens is 130 g/mol. The number of carbonyl (C=O) groups is 1. The number of hydrogen-bond donors (Lipinski definition) is 3. The van der Waals surface area contributed by atoms with Crippen molar-refractivity contribution in [1.82, 2.24) is 10.7 Å². The molecule has 4 N–H and O–H groups in total. The molecule has 0 heterocycles. The summed E-state index contributed by atoms with van der Waals surface area (Å²) in [5, 5.41) is 2.66. The van der Waals surface area contributed by atoms with Crippen LogP contribution >= 0.6 is 0 Å². The molecule has 0 bridgehead atoms. The van der Waals surface area contributed by atoms with Crippen LogP contribution in [0.25, 0.3) is 0 Å². The lowest BCUT2D eigenvalue weighted by atomic mass is 10.1. The summed E-state index contributed by atoms with van der Waals surface area (Å²) in [5.74, 6) is 4.86. The fourth-order valence-corrected chi connectivity index (χ4v) is 0.735. The van der Waals surface area contributed by atoms with E-state index in [1.807, 2.05) is 5.43 Å². The van der Waals surface area contributed by atoms with E-state index in [0.29, 0.717) is 5.41 Å². The molecule has 1 aliphatic carbocycles. The number of carbonyl (C=O) groups excluding carboxylic acids is 1. The lowest BCUT2D eigenvalue weighted by Gasteiger charge is -2.08. The average Bonchev–Trinajstić information content (AvgIpc) is 2.64. The van der Waals surface area contributed by atoms with Gasteiger partial charge in [-0.3, -0.25) is 5.43 Å². The summed E-state index contributed by atoms with van der Waals surface area (Å²) in [5.41, 5.74) is 2.37. The van der Waals surface area contributed by atoms with Crippen LogP contribution in [0.15, 0.2) is 0 Å². The van der Waals surface area contributed by atoms with Gasteiger partial charge in [0.2, 0.25) is 0 Å². The molecule has 2 amide bonds. The second kappa shape index (κ2) is 2.46. The molecule has 1 aliphatic rings. The van der Waals surface area contributed by atoms with E-state index in [1.54, 1.807) is 0 Å². The highest BCUT2D eigenvalue weighted by molar-refractivity contribution is 5.73. The number of urea groups is 1. The van der Waals surface area contributed by atoms with Gasteiger partial charge in [0.05, 0.1) is 0 Å². The first-order valence-corrected chi connectivity index (χ1v) is 3.41. The van der Waals surface area contributed by atoms with Crippen molar-refractivity contribution in [3.05, 3.63) is 0 Å². The summed E-state index contributed by atoms with van der Waals surface area (Å²) in [7, 11) is 0. The summed E-state index contributed by atoms with van der Waals surface area (Å²) >= 11 is 0. The molecule has 4 nitrogen and oxygen atoms in total. The molecule has 4 heteroatoms. The zero-order chi connectivity index (χ0) is 7.61. The van der Waals surface area contributed by atoms with E-state index >= 15 is 0 Å². The van der Waals surface area contributed by atoms with Gasteiger partial charge >= 0.3 is 6.03 Å². The van der Waals surface area contributed by atoms with Crippen molar-refractivity contribution in [1.29, 1.82) is 0 Å². The van der Waals surface area contributed by atoms with Crippen molar-refractivity contribution in [2.45, 2.75) is 19.8 Å². The Morgan fingerprint density at radius 2 is 2.30 bits per heavy atom. The van der Waals surface area contributed by atoms with Crippen molar-refractivity contribution in [2.75, 3.05) is 6.54 Å². The SMILES string of the molecule is CC1(CNC(=O)NN)CC1. The topological polar surface area (TPSA) is 67.2 Å². The highest BCUT2D eigenvalue weighted by Gasteiger charge is 2.37. The molecule has 0 aromatic carbocycles. The molecular formula is C6H13N3O. The van der Waals surface area contributed by atoms with Gasteiger partial charge in [0.15, 0.2) is 0 Å². The Bertz CT molecular complexity index is 142. The number of amides is 2. The van der Waals surface area contributed by atoms with E-state index in [-0.39, 0.29) is 6.03 Å². The van der Waals surface area contributed by atoms with Crippen LogP contribution in [-0.4, -0.2) is 12.6 Å². The van der Waals surface area contributed by atoms with Gasteiger partial charge in [-0.25, -0.2) is 10.6 Å². The maximum absolute atomic E-state index is 10.5. The third-order valence-corrected chi connectivity index (χ3v) is 1.91. The average molecular weight is 143 g/mol. The van der Waals surface area contributed by atoms with Crippen LogP contribution in [0.2, 0.25) is 0 Å². The summed E-state index contributed by atoms with van der Waals surface area (Å²) in [6.45, 7) is 2.87. The van der Waals surface area contributed by atoms with Crippen LogP contribution in [0.4, 0.5) is 4.79 Å². The Labute approximate surface area is 60.1 Å². The van der Waals surface area contributed by atoms with Crippen molar-refractivity contribution < 1.29 is 4.79 Å². The van der Waals surface area contributed by atoms with Crippen molar-refractivity contribution in [3.63, 3.8) is 0 Å². The summed E-state index contributed by atoms with van der Waals surface area (Å²) < 4.78 is 0. The lowest BCUT2D eigenvalue weighted by molar-refractivity contribution is 0.239. The van der Waals surface area contributed by atoms with Gasteiger partial charge in [-0.05, 0) is 18.3 Å². The molecule has 0 aromatic rings. The first kappa shape index (κ1) is 7.34. The molecule has 58 valence electrons. The molecule has 0 atom stereocenters. The lowest BCUT2D eigenvalue weighted by Crippen LogP contribution is -2.41. The van der Waals surface area contributed by atoms with Crippen LogP contribution in [0, 0.1) is 5.41 Å². The van der Waals surface area contributed by atoms with Gasteiger partial charge in [0.1, 0.15) is 0 Å². The zero-order valence-electron chi connectivity index (χ0n) is 6.11.